The van der Waals surface area contributed by atoms with Gasteiger partial charge in [0.25, 0.3) is 0 Å². The summed E-state index contributed by atoms with van der Waals surface area (Å²) in [5, 5.41) is 4.24. The summed E-state index contributed by atoms with van der Waals surface area (Å²) in [5.74, 6) is 0.672. The quantitative estimate of drug-likeness (QED) is 0.504. The third-order valence-electron chi connectivity index (χ3n) is 5.10. The van der Waals surface area contributed by atoms with Crippen molar-refractivity contribution in [2.24, 2.45) is 4.99 Å². The number of benzene rings is 3. The highest BCUT2D eigenvalue weighted by molar-refractivity contribution is 6.42. The van der Waals surface area contributed by atoms with Crippen LogP contribution in [0.15, 0.2) is 83.9 Å². The van der Waals surface area contributed by atoms with Gasteiger partial charge in [-0.25, -0.2) is 4.79 Å². The van der Waals surface area contributed by atoms with Crippen LogP contribution in [0.4, 0.5) is 10.5 Å². The van der Waals surface area contributed by atoms with Crippen LogP contribution in [-0.4, -0.2) is 17.9 Å². The van der Waals surface area contributed by atoms with Crippen LogP contribution in [-0.2, 0) is 13.0 Å². The maximum Gasteiger partial charge on any atom is 0.350 e. The lowest BCUT2D eigenvalue weighted by atomic mass is 10.0. The van der Waals surface area contributed by atoms with Crippen LogP contribution in [0.2, 0.25) is 10.0 Å². The van der Waals surface area contributed by atoms with Gasteiger partial charge in [0, 0.05) is 12.2 Å². The van der Waals surface area contributed by atoms with E-state index in [0.29, 0.717) is 28.1 Å². The van der Waals surface area contributed by atoms with Crippen LogP contribution < -0.4 is 10.2 Å². The van der Waals surface area contributed by atoms with Gasteiger partial charge in [-0.2, -0.15) is 4.99 Å². The number of hydrogen-bond acceptors (Lipinski definition) is 2. The lowest BCUT2D eigenvalue weighted by molar-refractivity contribution is 0.255. The van der Waals surface area contributed by atoms with Crippen molar-refractivity contribution in [3.05, 3.63) is 100 Å². The summed E-state index contributed by atoms with van der Waals surface area (Å²) in [7, 11) is 0. The number of amides is 2. The number of hydrogen-bond donors (Lipinski definition) is 1. The van der Waals surface area contributed by atoms with Crippen molar-refractivity contribution in [2.45, 2.75) is 25.4 Å². The number of urea groups is 1. The summed E-state index contributed by atoms with van der Waals surface area (Å²) < 4.78 is 0. The van der Waals surface area contributed by atoms with Gasteiger partial charge in [0.1, 0.15) is 5.84 Å². The molecule has 3 aromatic carbocycles. The van der Waals surface area contributed by atoms with E-state index in [1.165, 1.54) is 5.56 Å². The second-order valence-corrected chi connectivity index (χ2v) is 7.94. The van der Waals surface area contributed by atoms with Gasteiger partial charge in [0.15, 0.2) is 0 Å². The van der Waals surface area contributed by atoms with E-state index >= 15 is 0 Å². The lowest BCUT2D eigenvalue weighted by Crippen LogP contribution is -2.43. The standard InChI is InChI=1S/C24H21Cl2N3O/c25-20-13-12-19(15-21(20)26)29-22(14-11-17-7-3-1-4-8-17)23(28-24(29)30)27-16-18-9-5-2-6-10-18/h1-10,12-13,15,22H,11,14,16H2,(H,27,28,30). The number of carbonyl (C=O) groups is 1. The molecule has 0 aromatic heterocycles. The molecule has 2 amide bonds. The molecule has 0 saturated carbocycles. The zero-order valence-electron chi connectivity index (χ0n) is 16.3. The minimum absolute atomic E-state index is 0.210. The Morgan fingerprint density at radius 1 is 0.867 bits per heavy atom. The fourth-order valence-corrected chi connectivity index (χ4v) is 3.86. The summed E-state index contributed by atoms with van der Waals surface area (Å²) in [6.45, 7) is 0.601. The molecule has 1 aliphatic rings. The molecule has 0 spiro atoms. The van der Waals surface area contributed by atoms with E-state index in [4.69, 9.17) is 23.2 Å². The first-order valence-corrected chi connectivity index (χ1v) is 10.6. The Morgan fingerprint density at radius 2 is 1.53 bits per heavy atom. The molecule has 1 aliphatic heterocycles. The molecule has 3 aromatic rings. The first-order valence-electron chi connectivity index (χ1n) is 9.80. The van der Waals surface area contributed by atoms with Crippen molar-refractivity contribution < 1.29 is 4.79 Å². The van der Waals surface area contributed by atoms with Crippen LogP contribution >= 0.6 is 23.2 Å². The van der Waals surface area contributed by atoms with E-state index in [-0.39, 0.29) is 12.1 Å². The van der Waals surface area contributed by atoms with E-state index in [0.717, 1.165) is 18.4 Å². The zero-order valence-corrected chi connectivity index (χ0v) is 17.8. The number of aliphatic imine (C=N–C) groups is 1. The second kappa shape index (κ2) is 9.33. The SMILES string of the molecule is O=C1N=C(NCc2ccccc2)C(CCc2ccccc2)N1c1ccc(Cl)c(Cl)c1. The third kappa shape index (κ3) is 4.66. The maximum atomic E-state index is 12.8. The van der Waals surface area contributed by atoms with Crippen molar-refractivity contribution >= 4 is 40.8 Å². The smallest absolute Gasteiger partial charge is 0.350 e. The molecule has 6 heteroatoms. The predicted molar refractivity (Wildman–Crippen MR) is 124 cm³/mol. The van der Waals surface area contributed by atoms with Gasteiger partial charge in [0.2, 0.25) is 0 Å². The van der Waals surface area contributed by atoms with E-state index in [1.807, 2.05) is 48.5 Å². The van der Waals surface area contributed by atoms with Crippen molar-refractivity contribution in [2.75, 3.05) is 4.90 Å². The van der Waals surface area contributed by atoms with E-state index in [1.54, 1.807) is 23.1 Å². The molecule has 4 nitrogen and oxygen atoms in total. The van der Waals surface area contributed by atoms with Crippen LogP contribution in [0.5, 0.6) is 0 Å². The minimum Gasteiger partial charge on any atom is -0.368 e. The van der Waals surface area contributed by atoms with Crippen LogP contribution in [0, 0.1) is 0 Å². The number of nitrogens with zero attached hydrogens (tertiary/aromatic N) is 2. The Morgan fingerprint density at radius 3 is 2.20 bits per heavy atom. The highest BCUT2D eigenvalue weighted by atomic mass is 35.5. The highest BCUT2D eigenvalue weighted by Crippen LogP contribution is 2.31. The Bertz CT molecular complexity index is 1050. The fraction of sp³-hybridized carbons (Fsp3) is 0.167. The Labute approximate surface area is 186 Å². The number of aryl methyl sites for hydroxylation is 1. The molecule has 0 aliphatic carbocycles. The normalized spacial score (nSPS) is 15.9. The van der Waals surface area contributed by atoms with E-state index in [9.17, 15) is 4.79 Å². The second-order valence-electron chi connectivity index (χ2n) is 7.13. The molecule has 1 unspecified atom stereocenters. The number of rotatable bonds is 6. The number of anilines is 1. The summed E-state index contributed by atoms with van der Waals surface area (Å²) in [4.78, 5) is 18.9. The number of carbonyl (C=O) groups excluding carboxylic acids is 1. The van der Waals surface area contributed by atoms with Crippen molar-refractivity contribution in [3.8, 4) is 0 Å². The molecule has 0 fully saturated rings. The van der Waals surface area contributed by atoms with E-state index < -0.39 is 0 Å². The predicted octanol–water partition coefficient (Wildman–Crippen LogP) is 6.12. The van der Waals surface area contributed by atoms with Crippen molar-refractivity contribution in [1.29, 1.82) is 0 Å². The van der Waals surface area contributed by atoms with Gasteiger partial charge in [-0.3, -0.25) is 4.90 Å². The molecule has 0 radical (unpaired) electrons. The Kier molecular flexibility index (Phi) is 6.36. The third-order valence-corrected chi connectivity index (χ3v) is 5.84. The molecule has 0 bridgehead atoms. The summed E-state index contributed by atoms with van der Waals surface area (Å²) in [6.07, 6.45) is 1.55. The van der Waals surface area contributed by atoms with Crippen LogP contribution in [0.3, 0.4) is 0 Å². The van der Waals surface area contributed by atoms with Crippen molar-refractivity contribution in [3.63, 3.8) is 0 Å². The van der Waals surface area contributed by atoms with E-state index in [2.05, 4.69) is 22.4 Å². The first kappa shape index (κ1) is 20.5. The zero-order chi connectivity index (χ0) is 20.9. The Hall–Kier alpha value is -2.82. The molecule has 152 valence electrons. The highest BCUT2D eigenvalue weighted by Gasteiger charge is 2.35. The Balaban J connectivity index is 1.58. The average Bonchev–Trinajstić information content (AvgIpc) is 3.09. The van der Waals surface area contributed by atoms with Gasteiger partial charge in [-0.15, -0.1) is 0 Å². The maximum absolute atomic E-state index is 12.8. The molecule has 4 rings (SSSR count). The summed E-state index contributed by atoms with van der Waals surface area (Å²) in [6, 6.07) is 25.0. The number of nitrogens with one attached hydrogen (secondary N) is 1. The first-order chi connectivity index (χ1) is 14.6. The topological polar surface area (TPSA) is 44.7 Å². The van der Waals surface area contributed by atoms with Gasteiger partial charge in [-0.1, -0.05) is 83.9 Å². The lowest BCUT2D eigenvalue weighted by Gasteiger charge is -2.26. The largest absolute Gasteiger partial charge is 0.368 e. The molecular formula is C24H21Cl2N3O. The molecule has 1 atom stereocenters. The summed E-state index contributed by atoms with van der Waals surface area (Å²) in [5.41, 5.74) is 3.03. The minimum atomic E-state index is -0.304. The monoisotopic (exact) mass is 437 g/mol. The van der Waals surface area contributed by atoms with Gasteiger partial charge in [0.05, 0.1) is 16.1 Å². The summed E-state index contributed by atoms with van der Waals surface area (Å²) >= 11 is 12.3. The van der Waals surface area contributed by atoms with Crippen LogP contribution in [0.25, 0.3) is 0 Å². The fourth-order valence-electron chi connectivity index (χ4n) is 3.57. The number of halogens is 2. The number of amidine groups is 1. The molecule has 1 N–H and O–H groups in total. The van der Waals surface area contributed by atoms with Gasteiger partial charge < -0.3 is 5.32 Å². The molecular weight excluding hydrogens is 417 g/mol. The molecule has 0 saturated heterocycles. The van der Waals surface area contributed by atoms with Crippen LogP contribution in [0.1, 0.15) is 17.5 Å². The van der Waals surface area contributed by atoms with Gasteiger partial charge in [-0.05, 0) is 42.2 Å². The van der Waals surface area contributed by atoms with Crippen molar-refractivity contribution in [1.82, 2.24) is 5.32 Å². The van der Waals surface area contributed by atoms with Gasteiger partial charge >= 0.3 is 6.03 Å². The molecule has 1 heterocycles. The average molecular weight is 438 g/mol. The molecule has 30 heavy (non-hydrogen) atoms.